The fourth-order valence-corrected chi connectivity index (χ4v) is 3.86. The Bertz CT molecular complexity index is 600. The molecule has 5 nitrogen and oxygen atoms in total. The summed E-state index contributed by atoms with van der Waals surface area (Å²) >= 11 is 6.27. The van der Waals surface area contributed by atoms with Crippen molar-refractivity contribution in [3.8, 4) is 0 Å². The Morgan fingerprint density at radius 1 is 1.43 bits per heavy atom. The molecule has 1 aliphatic heterocycles. The quantitative estimate of drug-likeness (QED) is 0.862. The number of aromatic nitrogens is 2. The fraction of sp³-hybridized carbons (Fsp3) is 0.600. The Labute approximate surface area is 129 Å². The molecule has 21 heavy (non-hydrogen) atoms. The maximum Gasteiger partial charge on any atom is 0.287 e. The molecule has 114 valence electrons. The zero-order chi connectivity index (χ0) is 15.0. The van der Waals surface area contributed by atoms with E-state index >= 15 is 0 Å². The number of hydrogen-bond acceptors (Lipinski definition) is 4. The molecule has 0 amide bonds. The number of allylic oxidation sites excluding steroid dienone is 1. The fourth-order valence-electron chi connectivity index (χ4n) is 3.59. The van der Waals surface area contributed by atoms with Crippen LogP contribution in [0.1, 0.15) is 19.3 Å². The van der Waals surface area contributed by atoms with E-state index in [-0.39, 0.29) is 10.6 Å². The second-order valence-corrected chi connectivity index (χ2v) is 6.50. The third kappa shape index (κ3) is 2.72. The number of hydrogen-bond donors (Lipinski definition) is 1. The van der Waals surface area contributed by atoms with E-state index in [0.29, 0.717) is 24.4 Å². The van der Waals surface area contributed by atoms with Gasteiger partial charge in [0.15, 0.2) is 0 Å². The van der Waals surface area contributed by atoms with Crippen molar-refractivity contribution in [2.45, 2.75) is 31.8 Å². The van der Waals surface area contributed by atoms with E-state index in [0.717, 1.165) is 31.6 Å². The first-order chi connectivity index (χ1) is 10.1. The molecule has 1 aliphatic carbocycles. The third-order valence-electron chi connectivity index (χ3n) is 4.70. The van der Waals surface area contributed by atoms with Crippen LogP contribution in [0.2, 0.25) is 5.02 Å². The van der Waals surface area contributed by atoms with Crippen LogP contribution in [0.25, 0.3) is 0 Å². The van der Waals surface area contributed by atoms with Crippen LogP contribution >= 0.6 is 11.6 Å². The minimum atomic E-state index is -0.249. The Balaban J connectivity index is 1.83. The number of fused-ring (bicyclic) bond motifs is 1. The van der Waals surface area contributed by atoms with Crippen LogP contribution in [0.4, 0.5) is 5.69 Å². The van der Waals surface area contributed by atoms with Crippen LogP contribution in [0, 0.1) is 11.8 Å². The highest BCUT2D eigenvalue weighted by molar-refractivity contribution is 6.33. The van der Waals surface area contributed by atoms with Gasteiger partial charge in [-0.1, -0.05) is 17.7 Å². The first kappa shape index (κ1) is 14.6. The molecular weight excluding hydrogens is 288 g/mol. The van der Waals surface area contributed by atoms with E-state index in [1.165, 1.54) is 11.1 Å². The summed E-state index contributed by atoms with van der Waals surface area (Å²) in [6, 6.07) is 0.320. The lowest BCUT2D eigenvalue weighted by molar-refractivity contribution is 0.271. The Morgan fingerprint density at radius 3 is 2.95 bits per heavy atom. The molecule has 2 N–H and O–H groups in total. The maximum atomic E-state index is 12.2. The lowest BCUT2D eigenvalue weighted by Crippen LogP contribution is -2.32. The predicted molar refractivity (Wildman–Crippen MR) is 84.7 cm³/mol. The van der Waals surface area contributed by atoms with Crippen molar-refractivity contribution in [1.82, 2.24) is 9.78 Å². The van der Waals surface area contributed by atoms with Crippen molar-refractivity contribution in [2.24, 2.45) is 17.6 Å². The van der Waals surface area contributed by atoms with E-state index in [4.69, 9.17) is 17.3 Å². The molecular formula is C15H21ClN4O. The summed E-state index contributed by atoms with van der Waals surface area (Å²) in [5.74, 6) is 1.27. The zero-order valence-electron chi connectivity index (χ0n) is 12.0. The zero-order valence-corrected chi connectivity index (χ0v) is 12.8. The average Bonchev–Trinajstić information content (AvgIpc) is 2.87. The Morgan fingerprint density at radius 2 is 2.19 bits per heavy atom. The highest BCUT2D eigenvalue weighted by Crippen LogP contribution is 2.38. The standard InChI is InChI=1S/C15H21ClN4O/c1-2-5-20-15(21)14(16)13(7-18-20)19-8-10-3-4-12(17)6-11(10)9-19/h2,7,10-12H,1,3-6,8-9,17H2/t10-,11+,12?/m1/s1. The summed E-state index contributed by atoms with van der Waals surface area (Å²) in [4.78, 5) is 14.4. The average molecular weight is 309 g/mol. The Hall–Kier alpha value is -1.33. The highest BCUT2D eigenvalue weighted by atomic mass is 35.5. The van der Waals surface area contributed by atoms with Crippen molar-refractivity contribution in [3.63, 3.8) is 0 Å². The van der Waals surface area contributed by atoms with E-state index in [2.05, 4.69) is 16.6 Å². The number of anilines is 1. The van der Waals surface area contributed by atoms with Crippen molar-refractivity contribution < 1.29 is 0 Å². The number of rotatable bonds is 3. The van der Waals surface area contributed by atoms with Gasteiger partial charge < -0.3 is 10.6 Å². The van der Waals surface area contributed by atoms with Gasteiger partial charge in [-0.25, -0.2) is 4.68 Å². The minimum Gasteiger partial charge on any atom is -0.368 e. The van der Waals surface area contributed by atoms with Gasteiger partial charge in [-0.15, -0.1) is 6.58 Å². The van der Waals surface area contributed by atoms with Crippen LogP contribution in [0.5, 0.6) is 0 Å². The lowest BCUT2D eigenvalue weighted by atomic mass is 9.79. The highest BCUT2D eigenvalue weighted by Gasteiger charge is 2.37. The van der Waals surface area contributed by atoms with Gasteiger partial charge in [0, 0.05) is 19.1 Å². The lowest BCUT2D eigenvalue weighted by Gasteiger charge is -2.27. The molecule has 0 bridgehead atoms. The van der Waals surface area contributed by atoms with Crippen LogP contribution < -0.4 is 16.2 Å². The molecule has 1 unspecified atom stereocenters. The normalized spacial score (nSPS) is 28.5. The number of nitrogens with zero attached hydrogens (tertiary/aromatic N) is 3. The topological polar surface area (TPSA) is 64.2 Å². The van der Waals surface area contributed by atoms with Crippen LogP contribution in [0.3, 0.4) is 0 Å². The molecule has 2 fully saturated rings. The monoisotopic (exact) mass is 308 g/mol. The molecule has 6 heteroatoms. The van der Waals surface area contributed by atoms with Gasteiger partial charge in [0.1, 0.15) is 5.02 Å². The maximum absolute atomic E-state index is 12.2. The number of halogens is 1. The molecule has 0 spiro atoms. The largest absolute Gasteiger partial charge is 0.368 e. The summed E-state index contributed by atoms with van der Waals surface area (Å²) in [6.07, 6.45) is 6.67. The van der Waals surface area contributed by atoms with E-state index in [1.807, 2.05) is 0 Å². The number of nitrogens with two attached hydrogens (primary N) is 1. The molecule has 2 heterocycles. The first-order valence-corrected chi connectivity index (χ1v) is 7.85. The Kier molecular flexibility index (Phi) is 4.04. The van der Waals surface area contributed by atoms with Crippen LogP contribution in [-0.4, -0.2) is 28.9 Å². The third-order valence-corrected chi connectivity index (χ3v) is 5.05. The van der Waals surface area contributed by atoms with Crippen LogP contribution in [-0.2, 0) is 6.54 Å². The molecule has 1 aromatic heterocycles. The summed E-state index contributed by atoms with van der Waals surface area (Å²) < 4.78 is 1.33. The van der Waals surface area contributed by atoms with Gasteiger partial charge in [-0.2, -0.15) is 5.10 Å². The van der Waals surface area contributed by atoms with Crippen molar-refractivity contribution in [3.05, 3.63) is 34.2 Å². The van der Waals surface area contributed by atoms with Gasteiger partial charge in [0.05, 0.1) is 18.4 Å². The molecule has 2 aliphatic rings. The summed E-state index contributed by atoms with van der Waals surface area (Å²) in [6.45, 7) is 5.86. The minimum absolute atomic E-state index is 0.249. The van der Waals surface area contributed by atoms with E-state index in [1.54, 1.807) is 12.3 Å². The smallest absolute Gasteiger partial charge is 0.287 e. The van der Waals surface area contributed by atoms with Crippen molar-refractivity contribution >= 4 is 17.3 Å². The molecule has 1 saturated heterocycles. The molecule has 0 aromatic carbocycles. The van der Waals surface area contributed by atoms with Gasteiger partial charge in [-0.05, 0) is 31.1 Å². The summed E-state index contributed by atoms with van der Waals surface area (Å²) in [5, 5.41) is 4.45. The van der Waals surface area contributed by atoms with E-state index in [9.17, 15) is 4.79 Å². The molecule has 1 saturated carbocycles. The molecule has 1 aromatic rings. The SMILES string of the molecule is C=CCn1ncc(N2C[C@H]3CCC(N)C[C@H]3C2)c(Cl)c1=O. The van der Waals surface area contributed by atoms with Crippen molar-refractivity contribution in [2.75, 3.05) is 18.0 Å². The van der Waals surface area contributed by atoms with Crippen molar-refractivity contribution in [1.29, 1.82) is 0 Å². The second-order valence-electron chi connectivity index (χ2n) is 6.12. The molecule has 0 radical (unpaired) electrons. The van der Waals surface area contributed by atoms with E-state index < -0.39 is 0 Å². The van der Waals surface area contributed by atoms with Gasteiger partial charge in [0.2, 0.25) is 0 Å². The van der Waals surface area contributed by atoms with Gasteiger partial charge >= 0.3 is 0 Å². The second kappa shape index (κ2) is 5.81. The first-order valence-electron chi connectivity index (χ1n) is 7.47. The van der Waals surface area contributed by atoms with Gasteiger partial charge in [-0.3, -0.25) is 4.79 Å². The van der Waals surface area contributed by atoms with Crippen LogP contribution in [0.15, 0.2) is 23.6 Å². The molecule has 3 atom stereocenters. The van der Waals surface area contributed by atoms with Gasteiger partial charge in [0.25, 0.3) is 5.56 Å². The predicted octanol–water partition coefficient (Wildman–Crippen LogP) is 1.65. The summed E-state index contributed by atoms with van der Waals surface area (Å²) in [7, 11) is 0. The summed E-state index contributed by atoms with van der Waals surface area (Å²) in [5.41, 5.74) is 6.57. The molecule has 3 rings (SSSR count).